The molecule has 1 aromatic rings. The molecule has 1 aromatic carbocycles. The zero-order valence-corrected chi connectivity index (χ0v) is 9.40. The van der Waals surface area contributed by atoms with Gasteiger partial charge in [0, 0.05) is 10.7 Å². The van der Waals surface area contributed by atoms with Gasteiger partial charge in [-0.15, -0.1) is 0 Å². The third-order valence-corrected chi connectivity index (χ3v) is 3.16. The highest BCUT2D eigenvalue weighted by molar-refractivity contribution is 8.13. The van der Waals surface area contributed by atoms with Crippen LogP contribution in [0.3, 0.4) is 0 Å². The van der Waals surface area contributed by atoms with Crippen molar-refractivity contribution in [3.63, 3.8) is 0 Å². The van der Waals surface area contributed by atoms with E-state index in [9.17, 15) is 26.4 Å². The summed E-state index contributed by atoms with van der Waals surface area (Å²) in [7, 11) is 0.620. The molecule has 0 aromatic heterocycles. The van der Waals surface area contributed by atoms with Gasteiger partial charge in [0.25, 0.3) is 9.05 Å². The SMILES string of the molecule is O=C(O)c1cc(S(=O)(=O)Cl)ccc1C(F)(F)F. The Hall–Kier alpha value is -1.28. The summed E-state index contributed by atoms with van der Waals surface area (Å²) < 4.78 is 58.9. The van der Waals surface area contributed by atoms with E-state index in [0.717, 1.165) is 0 Å². The minimum absolute atomic E-state index is 0.360. The number of carboxylic acids is 1. The van der Waals surface area contributed by atoms with Crippen LogP contribution in [0.4, 0.5) is 13.2 Å². The van der Waals surface area contributed by atoms with Crippen LogP contribution in [0.2, 0.25) is 0 Å². The summed E-state index contributed by atoms with van der Waals surface area (Å²) >= 11 is 0. The van der Waals surface area contributed by atoms with Crippen LogP contribution in [0.5, 0.6) is 0 Å². The van der Waals surface area contributed by atoms with Gasteiger partial charge in [-0.1, -0.05) is 0 Å². The fourth-order valence-corrected chi connectivity index (χ4v) is 1.88. The molecule has 0 aliphatic carbocycles. The molecule has 0 unspecified atom stereocenters. The van der Waals surface area contributed by atoms with Crippen LogP contribution in [-0.4, -0.2) is 19.5 Å². The molecule has 0 spiro atoms. The quantitative estimate of drug-likeness (QED) is 0.848. The first-order valence-electron chi connectivity index (χ1n) is 3.92. The molecule has 0 saturated carbocycles. The highest BCUT2D eigenvalue weighted by Gasteiger charge is 2.36. The molecule has 0 bridgehead atoms. The first-order valence-corrected chi connectivity index (χ1v) is 6.23. The lowest BCUT2D eigenvalue weighted by Gasteiger charge is -2.10. The molecule has 17 heavy (non-hydrogen) atoms. The van der Waals surface area contributed by atoms with Gasteiger partial charge in [-0.2, -0.15) is 13.2 Å². The summed E-state index contributed by atoms with van der Waals surface area (Å²) in [5, 5.41) is 8.58. The van der Waals surface area contributed by atoms with Crippen LogP contribution < -0.4 is 0 Å². The van der Waals surface area contributed by atoms with Crippen molar-refractivity contribution >= 4 is 25.7 Å². The maximum atomic E-state index is 12.4. The van der Waals surface area contributed by atoms with Crippen molar-refractivity contribution in [1.82, 2.24) is 0 Å². The Balaban J connectivity index is 3.54. The summed E-state index contributed by atoms with van der Waals surface area (Å²) in [6, 6.07) is 1.32. The van der Waals surface area contributed by atoms with Crippen molar-refractivity contribution < 1.29 is 31.5 Å². The topological polar surface area (TPSA) is 71.4 Å². The van der Waals surface area contributed by atoms with E-state index in [2.05, 4.69) is 0 Å². The van der Waals surface area contributed by atoms with Crippen molar-refractivity contribution in [2.24, 2.45) is 0 Å². The Morgan fingerprint density at radius 3 is 2.18 bits per heavy atom. The lowest BCUT2D eigenvalue weighted by molar-refractivity contribution is -0.138. The molecule has 0 saturated heterocycles. The lowest BCUT2D eigenvalue weighted by Crippen LogP contribution is -2.13. The molecule has 1 N–H and O–H groups in total. The molecule has 0 fully saturated rings. The predicted molar refractivity (Wildman–Crippen MR) is 51.4 cm³/mol. The Labute approximate surface area is 98.0 Å². The zero-order valence-electron chi connectivity index (χ0n) is 7.82. The molecule has 4 nitrogen and oxygen atoms in total. The van der Waals surface area contributed by atoms with E-state index in [0.29, 0.717) is 18.2 Å². The minimum Gasteiger partial charge on any atom is -0.478 e. The number of benzene rings is 1. The Morgan fingerprint density at radius 2 is 1.82 bits per heavy atom. The summed E-state index contributed by atoms with van der Waals surface area (Å²) in [5.41, 5.74) is -2.60. The lowest BCUT2D eigenvalue weighted by atomic mass is 10.1. The molecule has 0 heterocycles. The summed E-state index contributed by atoms with van der Waals surface area (Å²) in [6.45, 7) is 0. The average Bonchev–Trinajstić information content (AvgIpc) is 2.14. The normalized spacial score (nSPS) is 12.5. The van der Waals surface area contributed by atoms with E-state index in [4.69, 9.17) is 15.8 Å². The van der Waals surface area contributed by atoms with Gasteiger partial charge in [-0.25, -0.2) is 13.2 Å². The van der Waals surface area contributed by atoms with E-state index < -0.39 is 37.2 Å². The largest absolute Gasteiger partial charge is 0.478 e. The Morgan fingerprint density at radius 1 is 1.29 bits per heavy atom. The molecular formula is C8H4ClF3O4S. The van der Waals surface area contributed by atoms with Crippen molar-refractivity contribution in [2.75, 3.05) is 0 Å². The second kappa shape index (κ2) is 4.19. The summed E-state index contributed by atoms with van der Waals surface area (Å²) in [4.78, 5) is 9.91. The average molecular weight is 289 g/mol. The second-order valence-electron chi connectivity index (χ2n) is 2.95. The fourth-order valence-electron chi connectivity index (χ4n) is 1.10. The minimum atomic E-state index is -4.89. The molecule has 94 valence electrons. The number of carbonyl (C=O) groups is 1. The van der Waals surface area contributed by atoms with Crippen LogP contribution >= 0.6 is 10.7 Å². The number of carboxylic acid groups (broad SMARTS) is 1. The predicted octanol–water partition coefficient (Wildman–Crippen LogP) is 2.33. The standard InChI is InChI=1S/C8H4ClF3O4S/c9-17(15,16)4-1-2-6(8(10,11)12)5(3-4)7(13)14/h1-3H,(H,13,14). The van der Waals surface area contributed by atoms with Gasteiger partial charge in [0.05, 0.1) is 16.0 Å². The third-order valence-electron chi connectivity index (χ3n) is 1.81. The number of halogens is 4. The van der Waals surface area contributed by atoms with Gasteiger partial charge < -0.3 is 5.11 Å². The van der Waals surface area contributed by atoms with Crippen molar-refractivity contribution in [3.05, 3.63) is 29.3 Å². The molecule has 0 radical (unpaired) electrons. The summed E-state index contributed by atoms with van der Waals surface area (Å²) in [5.74, 6) is -1.89. The number of alkyl halides is 3. The van der Waals surface area contributed by atoms with E-state index in [1.54, 1.807) is 0 Å². The number of hydrogen-bond donors (Lipinski definition) is 1. The second-order valence-corrected chi connectivity index (χ2v) is 5.51. The van der Waals surface area contributed by atoms with Crippen LogP contribution in [0.1, 0.15) is 15.9 Å². The van der Waals surface area contributed by atoms with Crippen LogP contribution in [-0.2, 0) is 15.2 Å². The molecular weight excluding hydrogens is 285 g/mol. The van der Waals surface area contributed by atoms with Crippen molar-refractivity contribution in [3.8, 4) is 0 Å². The van der Waals surface area contributed by atoms with Gasteiger partial charge in [0.1, 0.15) is 0 Å². The molecule has 0 aliphatic heterocycles. The van der Waals surface area contributed by atoms with Crippen molar-refractivity contribution in [2.45, 2.75) is 11.1 Å². The molecule has 0 atom stereocenters. The fraction of sp³-hybridized carbons (Fsp3) is 0.125. The first kappa shape index (κ1) is 13.8. The summed E-state index contributed by atoms with van der Waals surface area (Å²) in [6.07, 6.45) is -4.89. The van der Waals surface area contributed by atoms with E-state index >= 15 is 0 Å². The maximum Gasteiger partial charge on any atom is 0.417 e. The molecule has 1 rings (SSSR count). The number of aromatic carboxylic acids is 1. The zero-order chi connectivity index (χ0) is 13.4. The Kier molecular flexibility index (Phi) is 3.40. The monoisotopic (exact) mass is 288 g/mol. The highest BCUT2D eigenvalue weighted by Crippen LogP contribution is 2.33. The van der Waals surface area contributed by atoms with Crippen LogP contribution in [0.15, 0.2) is 23.1 Å². The van der Waals surface area contributed by atoms with Crippen LogP contribution in [0.25, 0.3) is 0 Å². The molecule has 9 heteroatoms. The van der Waals surface area contributed by atoms with E-state index in [-0.39, 0.29) is 0 Å². The van der Waals surface area contributed by atoms with Gasteiger partial charge in [-0.05, 0) is 18.2 Å². The molecule has 0 aliphatic rings. The smallest absolute Gasteiger partial charge is 0.417 e. The van der Waals surface area contributed by atoms with Gasteiger partial charge >= 0.3 is 12.1 Å². The number of hydrogen-bond acceptors (Lipinski definition) is 3. The van der Waals surface area contributed by atoms with Crippen LogP contribution in [0, 0.1) is 0 Å². The van der Waals surface area contributed by atoms with Gasteiger partial charge in [0.15, 0.2) is 0 Å². The van der Waals surface area contributed by atoms with E-state index in [1.807, 2.05) is 0 Å². The van der Waals surface area contributed by atoms with Crippen molar-refractivity contribution in [1.29, 1.82) is 0 Å². The molecule has 0 amide bonds. The Bertz CT molecular complexity index is 565. The van der Waals surface area contributed by atoms with Gasteiger partial charge in [-0.3, -0.25) is 0 Å². The maximum absolute atomic E-state index is 12.4. The third kappa shape index (κ3) is 3.10. The van der Waals surface area contributed by atoms with E-state index in [1.165, 1.54) is 0 Å². The number of rotatable bonds is 2. The highest BCUT2D eigenvalue weighted by atomic mass is 35.7. The van der Waals surface area contributed by atoms with Gasteiger partial charge in [0.2, 0.25) is 0 Å². The first-order chi connectivity index (χ1) is 7.53.